The van der Waals surface area contributed by atoms with E-state index >= 15 is 0 Å². The summed E-state index contributed by atoms with van der Waals surface area (Å²) >= 11 is 3.39. The van der Waals surface area contributed by atoms with Gasteiger partial charge in [0, 0.05) is 10.0 Å². The molecule has 0 fully saturated rings. The summed E-state index contributed by atoms with van der Waals surface area (Å²) in [6, 6.07) is 13.0. The van der Waals surface area contributed by atoms with Gasteiger partial charge in [-0.15, -0.1) is 0 Å². The average molecular weight is 387 g/mol. The van der Waals surface area contributed by atoms with Gasteiger partial charge in [0.1, 0.15) is 11.5 Å². The van der Waals surface area contributed by atoms with Crippen LogP contribution in [0.5, 0.6) is 11.5 Å². The number of carbonyl (C=O) groups is 1. The Kier molecular flexibility index (Phi) is 4.66. The molecule has 1 heterocycles. The van der Waals surface area contributed by atoms with Crippen molar-refractivity contribution in [1.82, 2.24) is 5.32 Å². The van der Waals surface area contributed by atoms with Gasteiger partial charge < -0.3 is 14.8 Å². The van der Waals surface area contributed by atoms with Crippen LogP contribution in [-0.2, 0) is 4.79 Å². The van der Waals surface area contributed by atoms with E-state index in [0.29, 0.717) is 23.0 Å². The molecule has 0 unspecified atom stereocenters. The number of ether oxygens (including phenoxy) is 2. The zero-order valence-electron chi connectivity index (χ0n) is 13.2. The Balaban J connectivity index is 1.92. The number of amides is 1. The Morgan fingerprint density at radius 2 is 1.75 bits per heavy atom. The van der Waals surface area contributed by atoms with E-state index in [0.717, 1.165) is 15.6 Å². The van der Waals surface area contributed by atoms with E-state index in [4.69, 9.17) is 9.47 Å². The number of benzene rings is 2. The normalized spacial score (nSPS) is 15.2. The van der Waals surface area contributed by atoms with Gasteiger partial charge >= 0.3 is 0 Å². The number of carbonyl (C=O) groups excluding carboxylic acids is 1. The molecule has 5 nitrogen and oxygen atoms in total. The molecule has 1 N–H and O–H groups in total. The minimum Gasteiger partial charge on any atom is -0.493 e. The predicted octanol–water partition coefficient (Wildman–Crippen LogP) is 3.38. The third-order valence-corrected chi connectivity index (χ3v) is 4.05. The highest BCUT2D eigenvalue weighted by Gasteiger charge is 2.21. The Morgan fingerprint density at radius 3 is 2.42 bits per heavy atom. The molecule has 0 saturated carbocycles. The van der Waals surface area contributed by atoms with Crippen LogP contribution in [0.1, 0.15) is 11.1 Å². The Bertz CT molecular complexity index is 842. The van der Waals surface area contributed by atoms with E-state index in [1.807, 2.05) is 30.3 Å². The molecule has 2 aromatic rings. The van der Waals surface area contributed by atoms with Crippen molar-refractivity contribution >= 4 is 33.7 Å². The first kappa shape index (κ1) is 16.3. The molecule has 0 atom stereocenters. The first-order chi connectivity index (χ1) is 11.6. The molecule has 0 aliphatic carbocycles. The van der Waals surface area contributed by atoms with Crippen LogP contribution in [0.3, 0.4) is 0 Å². The number of methoxy groups -OCH3 is 2. The lowest BCUT2D eigenvalue weighted by molar-refractivity contribution is -0.115. The molecule has 0 aromatic heterocycles. The Hall–Kier alpha value is -2.60. The number of amidine groups is 1. The molecule has 6 heteroatoms. The van der Waals surface area contributed by atoms with E-state index in [-0.39, 0.29) is 5.91 Å². The highest BCUT2D eigenvalue weighted by molar-refractivity contribution is 9.10. The minimum absolute atomic E-state index is 0.234. The molecule has 122 valence electrons. The maximum Gasteiger partial charge on any atom is 0.275 e. The number of rotatable bonds is 4. The third-order valence-electron chi connectivity index (χ3n) is 3.53. The highest BCUT2D eigenvalue weighted by Crippen LogP contribution is 2.29. The molecule has 3 rings (SSSR count). The van der Waals surface area contributed by atoms with Crippen molar-refractivity contribution in [3.63, 3.8) is 0 Å². The standard InChI is InChI=1S/C18H15BrN2O3/c1-23-15-8-3-11(10-16(15)24-2)9-14-18(22)21-17(20-14)12-4-6-13(19)7-5-12/h3-10H,1-2H3,(H,20,21,22)/b14-9+. The zero-order valence-corrected chi connectivity index (χ0v) is 14.8. The van der Waals surface area contributed by atoms with Crippen molar-refractivity contribution in [2.45, 2.75) is 0 Å². The molecule has 1 amide bonds. The van der Waals surface area contributed by atoms with E-state index in [1.54, 1.807) is 32.4 Å². The SMILES string of the molecule is COc1ccc(/C=C2/N=C(c3ccc(Br)cc3)NC2=O)cc1OC. The van der Waals surface area contributed by atoms with Crippen molar-refractivity contribution in [3.8, 4) is 11.5 Å². The number of hydrogen-bond acceptors (Lipinski definition) is 4. The van der Waals surface area contributed by atoms with Crippen LogP contribution in [0.25, 0.3) is 6.08 Å². The van der Waals surface area contributed by atoms with Crippen LogP contribution >= 0.6 is 15.9 Å². The van der Waals surface area contributed by atoms with Gasteiger partial charge in [-0.25, -0.2) is 4.99 Å². The van der Waals surface area contributed by atoms with Crippen molar-refractivity contribution in [2.24, 2.45) is 4.99 Å². The van der Waals surface area contributed by atoms with Gasteiger partial charge in [0.2, 0.25) is 0 Å². The summed E-state index contributed by atoms with van der Waals surface area (Å²) < 4.78 is 11.5. The van der Waals surface area contributed by atoms with Crippen molar-refractivity contribution in [1.29, 1.82) is 0 Å². The smallest absolute Gasteiger partial charge is 0.275 e. The molecule has 0 radical (unpaired) electrons. The number of hydrogen-bond donors (Lipinski definition) is 1. The molecule has 2 aromatic carbocycles. The van der Waals surface area contributed by atoms with Gasteiger partial charge in [0.25, 0.3) is 5.91 Å². The lowest BCUT2D eigenvalue weighted by Gasteiger charge is -2.07. The van der Waals surface area contributed by atoms with Crippen molar-refractivity contribution < 1.29 is 14.3 Å². The second-order valence-electron chi connectivity index (χ2n) is 5.07. The van der Waals surface area contributed by atoms with E-state index in [2.05, 4.69) is 26.2 Å². The van der Waals surface area contributed by atoms with E-state index < -0.39 is 0 Å². The van der Waals surface area contributed by atoms with Crippen LogP contribution in [0.2, 0.25) is 0 Å². The van der Waals surface area contributed by atoms with Gasteiger partial charge in [-0.3, -0.25) is 4.79 Å². The predicted molar refractivity (Wildman–Crippen MR) is 96.3 cm³/mol. The maximum absolute atomic E-state index is 12.1. The maximum atomic E-state index is 12.1. The average Bonchev–Trinajstić information content (AvgIpc) is 2.96. The second kappa shape index (κ2) is 6.88. The monoisotopic (exact) mass is 386 g/mol. The fourth-order valence-electron chi connectivity index (χ4n) is 2.31. The van der Waals surface area contributed by atoms with Gasteiger partial charge in [-0.1, -0.05) is 34.1 Å². The van der Waals surface area contributed by atoms with Crippen molar-refractivity contribution in [3.05, 3.63) is 63.8 Å². The topological polar surface area (TPSA) is 59.9 Å². The first-order valence-electron chi connectivity index (χ1n) is 7.20. The molecular weight excluding hydrogens is 372 g/mol. The van der Waals surface area contributed by atoms with Gasteiger partial charge in [0.15, 0.2) is 11.5 Å². The summed E-state index contributed by atoms with van der Waals surface area (Å²) in [5.74, 6) is 1.54. The third kappa shape index (κ3) is 3.33. The van der Waals surface area contributed by atoms with Crippen LogP contribution in [0.15, 0.2) is 57.6 Å². The van der Waals surface area contributed by atoms with Crippen molar-refractivity contribution in [2.75, 3.05) is 14.2 Å². The number of aliphatic imine (C=N–C) groups is 1. The quantitative estimate of drug-likeness (QED) is 0.819. The van der Waals surface area contributed by atoms with Gasteiger partial charge in [-0.05, 0) is 35.9 Å². The van der Waals surface area contributed by atoms with Crippen LogP contribution < -0.4 is 14.8 Å². The molecule has 1 aliphatic heterocycles. The fourth-order valence-corrected chi connectivity index (χ4v) is 2.58. The minimum atomic E-state index is -0.234. The summed E-state index contributed by atoms with van der Waals surface area (Å²) in [6.07, 6.45) is 1.71. The van der Waals surface area contributed by atoms with E-state index in [9.17, 15) is 4.79 Å². The summed E-state index contributed by atoms with van der Waals surface area (Å²) in [7, 11) is 3.15. The van der Waals surface area contributed by atoms with Crippen LogP contribution in [0.4, 0.5) is 0 Å². The molecule has 24 heavy (non-hydrogen) atoms. The fraction of sp³-hybridized carbons (Fsp3) is 0.111. The number of nitrogens with zero attached hydrogens (tertiary/aromatic N) is 1. The largest absolute Gasteiger partial charge is 0.493 e. The number of halogens is 1. The molecule has 0 saturated heterocycles. The summed E-state index contributed by atoms with van der Waals surface area (Å²) in [5, 5.41) is 2.78. The molecule has 1 aliphatic rings. The summed E-state index contributed by atoms with van der Waals surface area (Å²) in [6.45, 7) is 0. The van der Waals surface area contributed by atoms with E-state index in [1.165, 1.54) is 0 Å². The first-order valence-corrected chi connectivity index (χ1v) is 7.99. The lowest BCUT2D eigenvalue weighted by atomic mass is 10.1. The lowest BCUT2D eigenvalue weighted by Crippen LogP contribution is -2.24. The van der Waals surface area contributed by atoms with Crippen LogP contribution in [-0.4, -0.2) is 26.0 Å². The Labute approximate surface area is 148 Å². The zero-order chi connectivity index (χ0) is 17.1. The number of nitrogens with one attached hydrogen (secondary N) is 1. The van der Waals surface area contributed by atoms with Gasteiger partial charge in [0.05, 0.1) is 14.2 Å². The molecule has 0 spiro atoms. The molecule has 0 bridgehead atoms. The van der Waals surface area contributed by atoms with Gasteiger partial charge in [-0.2, -0.15) is 0 Å². The summed E-state index contributed by atoms with van der Waals surface area (Å²) in [4.78, 5) is 16.5. The highest BCUT2D eigenvalue weighted by atomic mass is 79.9. The van der Waals surface area contributed by atoms with Crippen LogP contribution in [0, 0.1) is 0 Å². The Morgan fingerprint density at radius 1 is 1.04 bits per heavy atom. The summed E-state index contributed by atoms with van der Waals surface area (Å²) in [5.41, 5.74) is 2.00. The molecular formula is C18H15BrN2O3. The second-order valence-corrected chi connectivity index (χ2v) is 5.98.